The van der Waals surface area contributed by atoms with Crippen LogP contribution in [0.4, 0.5) is 13.2 Å². The number of benzene rings is 10. The molecule has 434 valence electrons. The van der Waals surface area contributed by atoms with Gasteiger partial charge in [0.1, 0.15) is 11.6 Å². The highest BCUT2D eigenvalue weighted by Gasteiger charge is 2.34. The van der Waals surface area contributed by atoms with Gasteiger partial charge in [-0.15, -0.1) is 0 Å². The molecule has 0 fully saturated rings. The molecule has 10 heteroatoms. The first kappa shape index (κ1) is 55.0. The number of hydrogen-bond acceptors (Lipinski definition) is 5. The van der Waals surface area contributed by atoms with Crippen molar-refractivity contribution >= 4 is 43.6 Å². The highest BCUT2D eigenvalue weighted by atomic mass is 19.4. The Morgan fingerprint density at radius 2 is 0.565 bits per heavy atom. The molecule has 6 aromatic heterocycles. The lowest BCUT2D eigenvalue weighted by atomic mass is 9.95. The van der Waals surface area contributed by atoms with Crippen molar-refractivity contribution < 1.29 is 13.2 Å². The van der Waals surface area contributed by atoms with Crippen molar-refractivity contribution in [2.24, 2.45) is 0 Å². The predicted octanol–water partition coefficient (Wildman–Crippen LogP) is 21.4. The predicted molar refractivity (Wildman–Crippen MR) is 365 cm³/mol. The van der Waals surface area contributed by atoms with Crippen LogP contribution < -0.4 is 0 Å². The van der Waals surface area contributed by atoms with E-state index in [2.05, 4.69) is 88.0 Å². The van der Waals surface area contributed by atoms with Gasteiger partial charge in [-0.2, -0.15) is 18.4 Å². The third-order valence-electron chi connectivity index (χ3n) is 17.4. The molecule has 0 aliphatic carbocycles. The van der Waals surface area contributed by atoms with Crippen molar-refractivity contribution in [1.29, 1.82) is 5.26 Å². The van der Waals surface area contributed by atoms with Crippen molar-refractivity contribution in [1.82, 2.24) is 29.1 Å². The summed E-state index contributed by atoms with van der Waals surface area (Å²) >= 11 is 0. The summed E-state index contributed by atoms with van der Waals surface area (Å²) in [5.41, 5.74) is 17.4. The Hall–Kier alpha value is -12.3. The number of halogens is 3. The molecule has 16 aromatic rings. The maximum Gasteiger partial charge on any atom is 0.417 e. The fourth-order valence-corrected chi connectivity index (χ4v) is 12.9. The van der Waals surface area contributed by atoms with E-state index < -0.39 is 11.7 Å². The van der Waals surface area contributed by atoms with E-state index in [0.29, 0.717) is 11.4 Å². The normalized spacial score (nSPS) is 11.6. The molecule has 0 atom stereocenters. The SMILES string of the molecule is N#Cc1c(-n2c3cc(-c4ccc(-c5ccccc5)nc4)ccc3c3ccc(-c4ccc(-c5ccccc5)nc4)cc32)cc(-c2ccccc2C(F)(F)F)cc1-n1c2cc(-c3ccc(-c4ccccc4)nc3)ccc2c2ccc(-c3ccc(-c4ccccc4)nc3)cc21. The smallest absolute Gasteiger partial charge is 0.308 e. The third-order valence-corrected chi connectivity index (χ3v) is 17.4. The number of pyridine rings is 4. The molecular formula is C82H50F3N7. The van der Waals surface area contributed by atoms with Crippen LogP contribution in [0.15, 0.2) is 304 Å². The Kier molecular flexibility index (Phi) is 13.6. The van der Waals surface area contributed by atoms with Gasteiger partial charge >= 0.3 is 6.18 Å². The number of alkyl halides is 3. The molecule has 10 aromatic carbocycles. The molecule has 0 radical (unpaired) electrons. The zero-order valence-electron chi connectivity index (χ0n) is 49.1. The van der Waals surface area contributed by atoms with Crippen LogP contribution in [-0.4, -0.2) is 29.1 Å². The molecule has 0 amide bonds. The molecule has 0 saturated heterocycles. The lowest BCUT2D eigenvalue weighted by Crippen LogP contribution is -2.09. The van der Waals surface area contributed by atoms with Crippen LogP contribution in [0.25, 0.3) is 156 Å². The summed E-state index contributed by atoms with van der Waals surface area (Å²) in [6, 6.07) is 93.1. The quantitative estimate of drug-likeness (QED) is 0.129. The average molecular weight is 1190 g/mol. The highest BCUT2D eigenvalue weighted by Crippen LogP contribution is 2.46. The van der Waals surface area contributed by atoms with E-state index in [-0.39, 0.29) is 16.7 Å². The minimum absolute atomic E-state index is 0.0420. The van der Waals surface area contributed by atoms with E-state index in [1.165, 1.54) is 12.1 Å². The van der Waals surface area contributed by atoms with E-state index in [9.17, 15) is 5.26 Å². The number of nitriles is 1. The van der Waals surface area contributed by atoms with Crippen molar-refractivity contribution in [3.63, 3.8) is 0 Å². The second-order valence-electron chi connectivity index (χ2n) is 22.8. The topological polar surface area (TPSA) is 85.2 Å². The molecule has 0 aliphatic heterocycles. The van der Waals surface area contributed by atoms with Gasteiger partial charge < -0.3 is 9.13 Å². The number of hydrogen-bond donors (Lipinski definition) is 0. The Morgan fingerprint density at radius 1 is 0.283 bits per heavy atom. The van der Waals surface area contributed by atoms with Gasteiger partial charge in [0.25, 0.3) is 0 Å². The third kappa shape index (κ3) is 9.91. The average Bonchev–Trinajstić information content (AvgIpc) is 1.54. The van der Waals surface area contributed by atoms with E-state index in [1.54, 1.807) is 18.2 Å². The van der Waals surface area contributed by atoms with Crippen LogP contribution in [0.5, 0.6) is 0 Å². The Balaban J connectivity index is 0.975. The van der Waals surface area contributed by atoms with Crippen LogP contribution >= 0.6 is 0 Å². The molecular weight excluding hydrogens is 1140 g/mol. The van der Waals surface area contributed by atoms with Gasteiger partial charge in [-0.05, 0) is 100 Å². The molecule has 0 bridgehead atoms. The lowest BCUT2D eigenvalue weighted by Gasteiger charge is -2.20. The van der Waals surface area contributed by atoms with Crippen molar-refractivity contribution in [2.75, 3.05) is 0 Å². The molecule has 7 nitrogen and oxygen atoms in total. The molecule has 16 rings (SSSR count). The fraction of sp³-hybridized carbons (Fsp3) is 0.0122. The summed E-state index contributed by atoms with van der Waals surface area (Å²) in [6.07, 6.45) is 2.71. The number of nitrogens with zero attached hydrogens (tertiary/aromatic N) is 7. The maximum atomic E-state index is 15.7. The van der Waals surface area contributed by atoms with Gasteiger partial charge in [0, 0.05) is 90.8 Å². The first-order chi connectivity index (χ1) is 45.2. The van der Waals surface area contributed by atoms with E-state index in [1.807, 2.05) is 195 Å². The summed E-state index contributed by atoms with van der Waals surface area (Å²) < 4.78 is 51.2. The zero-order chi connectivity index (χ0) is 61.9. The largest absolute Gasteiger partial charge is 0.417 e. The van der Waals surface area contributed by atoms with Crippen molar-refractivity contribution in [2.45, 2.75) is 6.18 Å². The first-order valence-electron chi connectivity index (χ1n) is 30.2. The number of fused-ring (bicyclic) bond motifs is 6. The lowest BCUT2D eigenvalue weighted by molar-refractivity contribution is -0.137. The molecule has 0 saturated carbocycles. The zero-order valence-corrected chi connectivity index (χ0v) is 49.1. The summed E-state index contributed by atoms with van der Waals surface area (Å²) in [6.45, 7) is 0. The number of rotatable bonds is 11. The molecule has 0 aliphatic rings. The van der Waals surface area contributed by atoms with Crippen LogP contribution in [0, 0.1) is 11.3 Å². The van der Waals surface area contributed by atoms with Gasteiger partial charge in [-0.25, -0.2) is 0 Å². The van der Waals surface area contributed by atoms with Crippen LogP contribution in [0.3, 0.4) is 0 Å². The molecule has 0 spiro atoms. The van der Waals surface area contributed by atoms with Gasteiger partial charge in [0.2, 0.25) is 0 Å². The molecule has 92 heavy (non-hydrogen) atoms. The second-order valence-corrected chi connectivity index (χ2v) is 22.8. The van der Waals surface area contributed by atoms with Crippen LogP contribution in [0.2, 0.25) is 0 Å². The molecule has 0 N–H and O–H groups in total. The minimum atomic E-state index is -4.74. The van der Waals surface area contributed by atoms with Gasteiger partial charge in [-0.1, -0.05) is 212 Å². The highest BCUT2D eigenvalue weighted by molar-refractivity contribution is 6.13. The maximum absolute atomic E-state index is 15.7. The van der Waals surface area contributed by atoms with Crippen molar-refractivity contribution in [3.8, 4) is 118 Å². The van der Waals surface area contributed by atoms with Crippen LogP contribution in [0.1, 0.15) is 11.1 Å². The summed E-state index contributed by atoms with van der Waals surface area (Å²) in [7, 11) is 0. The van der Waals surface area contributed by atoms with Gasteiger partial charge in [-0.3, -0.25) is 19.9 Å². The number of aromatic nitrogens is 6. The van der Waals surface area contributed by atoms with Crippen LogP contribution in [-0.2, 0) is 6.18 Å². The minimum Gasteiger partial charge on any atom is -0.308 e. The summed E-state index contributed by atoms with van der Waals surface area (Å²) in [4.78, 5) is 19.7. The van der Waals surface area contributed by atoms with E-state index in [0.717, 1.165) is 139 Å². The Labute approximate surface area is 527 Å². The van der Waals surface area contributed by atoms with Gasteiger partial charge in [0.15, 0.2) is 0 Å². The summed E-state index contributed by atoms with van der Waals surface area (Å²) in [5, 5.41) is 15.7. The van der Waals surface area contributed by atoms with E-state index in [4.69, 9.17) is 19.9 Å². The summed E-state index contributed by atoms with van der Waals surface area (Å²) in [5.74, 6) is 0. The van der Waals surface area contributed by atoms with E-state index >= 15 is 13.2 Å². The standard InChI is InChI=1S/C82H50F3N7/c83-82(84,85)71-24-14-13-23-65(71)64-45-80(91-76-41-56(60-29-37-72(87-48-60)52-15-5-1-6-16-52)25-33-66(76)67-34-26-57(42-77(67)91)61-30-38-73(88-49-61)53-17-7-2-8-18-53)70(47-86)81(46-64)92-78-43-58(62-31-39-74(89-50-62)54-19-9-3-10-20-54)27-35-68(78)69-36-28-59(44-79(69)92)63-32-40-75(90-51-63)55-21-11-4-12-22-55/h1-46,48-51H. The van der Waals surface area contributed by atoms with Gasteiger partial charge in [0.05, 0.1) is 61.8 Å². The molecule has 6 heterocycles. The second kappa shape index (κ2) is 22.7. The molecule has 0 unspecified atom stereocenters. The monoisotopic (exact) mass is 1190 g/mol. The Bertz CT molecular complexity index is 4920. The van der Waals surface area contributed by atoms with Crippen molar-refractivity contribution in [3.05, 3.63) is 315 Å². The first-order valence-corrected chi connectivity index (χ1v) is 30.2. The Morgan fingerprint density at radius 3 is 0.837 bits per heavy atom. The fourth-order valence-electron chi connectivity index (χ4n) is 12.9.